The molecule has 0 fully saturated rings. The molecule has 1 aromatic heterocycles. The minimum absolute atomic E-state index is 0.104. The summed E-state index contributed by atoms with van der Waals surface area (Å²) in [7, 11) is 1.83. The second kappa shape index (κ2) is 5.93. The first kappa shape index (κ1) is 15.7. The lowest BCUT2D eigenvalue weighted by atomic mass is 9.97. The number of carbonyl (C=O) groups excluding carboxylic acids is 2. The lowest BCUT2D eigenvalue weighted by molar-refractivity contribution is -0.116. The van der Waals surface area contributed by atoms with Crippen molar-refractivity contribution in [1.82, 2.24) is 9.88 Å². The van der Waals surface area contributed by atoms with Gasteiger partial charge in [-0.1, -0.05) is 35.9 Å². The molecule has 0 bridgehead atoms. The Bertz CT molecular complexity index is 1010. The van der Waals surface area contributed by atoms with Crippen molar-refractivity contribution in [3.05, 3.63) is 64.8 Å². The van der Waals surface area contributed by atoms with Gasteiger partial charge in [-0.3, -0.25) is 9.59 Å². The van der Waals surface area contributed by atoms with Gasteiger partial charge in [-0.25, -0.2) is 0 Å². The Kier molecular flexibility index (Phi) is 3.73. The molecule has 0 saturated carbocycles. The van der Waals surface area contributed by atoms with Crippen LogP contribution in [0.4, 0.5) is 5.69 Å². The third kappa shape index (κ3) is 2.76. The van der Waals surface area contributed by atoms with Crippen LogP contribution in [0, 0.1) is 0 Å². The van der Waals surface area contributed by atoms with Gasteiger partial charge < -0.3 is 15.2 Å². The Balaban J connectivity index is 1.67. The quantitative estimate of drug-likeness (QED) is 0.738. The summed E-state index contributed by atoms with van der Waals surface area (Å²) in [4.78, 5) is 24.7. The molecule has 0 saturated heterocycles. The number of fused-ring (bicyclic) bond motifs is 2. The van der Waals surface area contributed by atoms with Crippen molar-refractivity contribution in [2.75, 3.05) is 5.32 Å². The Morgan fingerprint density at radius 3 is 2.88 bits per heavy atom. The molecule has 0 spiro atoms. The third-order valence-electron chi connectivity index (χ3n) is 4.55. The number of hydrogen-bond acceptors (Lipinski definition) is 2. The summed E-state index contributed by atoms with van der Waals surface area (Å²) < 4.78 is 1.81. The Hall–Kier alpha value is -2.79. The number of hydrogen-bond donors (Lipinski definition) is 2. The summed E-state index contributed by atoms with van der Waals surface area (Å²) in [6.07, 6.45) is 0.221. The molecule has 3 aromatic rings. The highest BCUT2D eigenvalue weighted by molar-refractivity contribution is 6.31. The average molecular weight is 354 g/mol. The number of carbonyl (C=O) groups is 2. The predicted octanol–water partition coefficient (Wildman–Crippen LogP) is 3.65. The van der Waals surface area contributed by atoms with Gasteiger partial charge in [0.2, 0.25) is 5.91 Å². The van der Waals surface area contributed by atoms with Crippen LogP contribution < -0.4 is 10.6 Å². The maximum Gasteiger partial charge on any atom is 0.268 e. The number of nitrogens with zero attached hydrogens (tertiary/aromatic N) is 1. The number of aromatic nitrogens is 1. The monoisotopic (exact) mass is 353 g/mol. The minimum atomic E-state index is -0.348. The van der Waals surface area contributed by atoms with Crippen molar-refractivity contribution in [2.24, 2.45) is 7.05 Å². The number of aryl methyl sites for hydroxylation is 1. The van der Waals surface area contributed by atoms with Gasteiger partial charge in [-0.05, 0) is 29.8 Å². The van der Waals surface area contributed by atoms with Crippen LogP contribution in [-0.2, 0) is 11.8 Å². The van der Waals surface area contributed by atoms with Gasteiger partial charge in [0.1, 0.15) is 5.69 Å². The number of para-hydroxylation sites is 1. The molecule has 0 radical (unpaired) electrons. The fourth-order valence-corrected chi connectivity index (χ4v) is 3.46. The first-order valence-electron chi connectivity index (χ1n) is 7.97. The summed E-state index contributed by atoms with van der Waals surface area (Å²) in [5.41, 5.74) is 3.07. The average Bonchev–Trinajstić information content (AvgIpc) is 2.91. The smallest absolute Gasteiger partial charge is 0.268 e. The van der Waals surface area contributed by atoms with E-state index in [1.54, 1.807) is 6.07 Å². The standard InChI is InChI=1S/C19H16ClN3O2/c1-23-16-9-12(20)7-6-11(16)8-17(23)19(25)22-15-10-18(24)21-14-5-3-2-4-13(14)15/h2-9,15H,10H2,1H3,(H,21,24)(H,22,25). The Morgan fingerprint density at radius 2 is 2.04 bits per heavy atom. The van der Waals surface area contributed by atoms with Gasteiger partial charge in [0.15, 0.2) is 0 Å². The lowest BCUT2D eigenvalue weighted by Crippen LogP contribution is -2.35. The van der Waals surface area contributed by atoms with Gasteiger partial charge in [0.05, 0.1) is 12.5 Å². The highest BCUT2D eigenvalue weighted by atomic mass is 35.5. The van der Waals surface area contributed by atoms with Crippen LogP contribution in [0.1, 0.15) is 28.5 Å². The second-order valence-electron chi connectivity index (χ2n) is 6.16. The number of anilines is 1. The predicted molar refractivity (Wildman–Crippen MR) is 97.8 cm³/mol. The summed E-state index contributed by atoms with van der Waals surface area (Å²) in [5, 5.41) is 7.38. The van der Waals surface area contributed by atoms with Crippen LogP contribution in [0.2, 0.25) is 5.02 Å². The highest BCUT2D eigenvalue weighted by Crippen LogP contribution is 2.30. The molecule has 1 unspecified atom stereocenters. The van der Waals surface area contributed by atoms with Crippen LogP contribution in [0.5, 0.6) is 0 Å². The van der Waals surface area contributed by atoms with E-state index in [4.69, 9.17) is 11.6 Å². The van der Waals surface area contributed by atoms with E-state index in [1.807, 2.05) is 54.1 Å². The van der Waals surface area contributed by atoms with Crippen LogP contribution in [0.25, 0.3) is 10.9 Å². The molecule has 5 nitrogen and oxygen atoms in total. The summed E-state index contributed by atoms with van der Waals surface area (Å²) in [6, 6.07) is 14.5. The molecule has 1 aliphatic rings. The summed E-state index contributed by atoms with van der Waals surface area (Å²) >= 11 is 6.05. The molecular weight excluding hydrogens is 338 g/mol. The summed E-state index contributed by atoms with van der Waals surface area (Å²) in [6.45, 7) is 0. The zero-order chi connectivity index (χ0) is 17.6. The van der Waals surface area contributed by atoms with Crippen LogP contribution >= 0.6 is 11.6 Å². The van der Waals surface area contributed by atoms with Crippen molar-refractivity contribution >= 4 is 40.0 Å². The van der Waals surface area contributed by atoms with Crippen molar-refractivity contribution in [3.8, 4) is 0 Å². The third-order valence-corrected chi connectivity index (χ3v) is 4.78. The van der Waals surface area contributed by atoms with Gasteiger partial charge in [-0.15, -0.1) is 0 Å². The first-order chi connectivity index (χ1) is 12.0. The molecule has 6 heteroatoms. The van der Waals surface area contributed by atoms with Crippen molar-refractivity contribution in [3.63, 3.8) is 0 Å². The van der Waals surface area contributed by atoms with E-state index in [0.717, 1.165) is 22.2 Å². The SMILES string of the molecule is Cn1c(C(=O)NC2CC(=O)Nc3ccccc32)cc2ccc(Cl)cc21. The van der Waals surface area contributed by atoms with Crippen molar-refractivity contribution in [1.29, 1.82) is 0 Å². The highest BCUT2D eigenvalue weighted by Gasteiger charge is 2.27. The van der Waals surface area contributed by atoms with E-state index in [2.05, 4.69) is 10.6 Å². The van der Waals surface area contributed by atoms with Gasteiger partial charge in [0, 0.05) is 28.7 Å². The van der Waals surface area contributed by atoms with E-state index >= 15 is 0 Å². The van der Waals surface area contributed by atoms with Gasteiger partial charge >= 0.3 is 0 Å². The number of amides is 2. The molecule has 25 heavy (non-hydrogen) atoms. The molecule has 1 aliphatic heterocycles. The molecule has 2 aromatic carbocycles. The molecule has 2 N–H and O–H groups in total. The summed E-state index contributed by atoms with van der Waals surface area (Å²) in [5.74, 6) is -0.322. The molecule has 2 amide bonds. The fourth-order valence-electron chi connectivity index (χ4n) is 3.29. The number of halogens is 1. The van der Waals surface area contributed by atoms with E-state index in [1.165, 1.54) is 0 Å². The maximum atomic E-state index is 12.8. The van der Waals surface area contributed by atoms with Crippen LogP contribution in [0.3, 0.4) is 0 Å². The molecule has 0 aliphatic carbocycles. The molecule has 4 rings (SSSR count). The second-order valence-corrected chi connectivity index (χ2v) is 6.59. The van der Waals surface area contributed by atoms with Gasteiger partial charge in [0.25, 0.3) is 5.91 Å². The normalized spacial score (nSPS) is 16.4. The van der Waals surface area contributed by atoms with E-state index in [0.29, 0.717) is 10.7 Å². The van der Waals surface area contributed by atoms with E-state index < -0.39 is 0 Å². The molecular formula is C19H16ClN3O2. The zero-order valence-corrected chi connectivity index (χ0v) is 14.3. The van der Waals surface area contributed by atoms with Crippen LogP contribution in [0.15, 0.2) is 48.5 Å². The fraction of sp³-hybridized carbons (Fsp3) is 0.158. The number of benzene rings is 2. The minimum Gasteiger partial charge on any atom is -0.343 e. The number of rotatable bonds is 2. The Morgan fingerprint density at radius 1 is 1.24 bits per heavy atom. The van der Waals surface area contributed by atoms with Crippen LogP contribution in [-0.4, -0.2) is 16.4 Å². The Labute approximate surface area is 149 Å². The largest absolute Gasteiger partial charge is 0.343 e. The molecule has 126 valence electrons. The molecule has 2 heterocycles. The van der Waals surface area contributed by atoms with Gasteiger partial charge in [-0.2, -0.15) is 0 Å². The molecule has 1 atom stereocenters. The zero-order valence-electron chi connectivity index (χ0n) is 13.5. The number of nitrogens with one attached hydrogen (secondary N) is 2. The van der Waals surface area contributed by atoms with Crippen molar-refractivity contribution in [2.45, 2.75) is 12.5 Å². The lowest BCUT2D eigenvalue weighted by Gasteiger charge is -2.26. The maximum absolute atomic E-state index is 12.8. The van der Waals surface area contributed by atoms with E-state index in [-0.39, 0.29) is 24.3 Å². The topological polar surface area (TPSA) is 63.1 Å². The first-order valence-corrected chi connectivity index (χ1v) is 8.35. The van der Waals surface area contributed by atoms with E-state index in [9.17, 15) is 9.59 Å². The van der Waals surface area contributed by atoms with Crippen molar-refractivity contribution < 1.29 is 9.59 Å².